The summed E-state index contributed by atoms with van der Waals surface area (Å²) in [6, 6.07) is 9.22. The molecule has 22 heavy (non-hydrogen) atoms. The summed E-state index contributed by atoms with van der Waals surface area (Å²) in [7, 11) is 1.81. The van der Waals surface area contributed by atoms with Crippen LogP contribution in [0.1, 0.15) is 19.4 Å². The van der Waals surface area contributed by atoms with Crippen LogP contribution in [0.15, 0.2) is 30.3 Å². The van der Waals surface area contributed by atoms with Gasteiger partial charge in [0.1, 0.15) is 0 Å². The van der Waals surface area contributed by atoms with Crippen molar-refractivity contribution in [3.8, 4) is 0 Å². The number of amides is 4. The molecule has 1 aromatic rings. The summed E-state index contributed by atoms with van der Waals surface area (Å²) in [5.41, 5.74) is 1.08. The molecule has 118 valence electrons. The highest BCUT2D eigenvalue weighted by Gasteiger charge is 2.44. The van der Waals surface area contributed by atoms with E-state index >= 15 is 0 Å². The molecule has 1 aliphatic rings. The zero-order valence-corrected chi connectivity index (χ0v) is 13.2. The zero-order valence-electron chi connectivity index (χ0n) is 13.2. The molecule has 4 amide bonds. The van der Waals surface area contributed by atoms with E-state index in [1.807, 2.05) is 56.1 Å². The largest absolute Gasteiger partial charge is 0.335 e. The number of carbonyl (C=O) groups is 3. The molecule has 1 aromatic carbocycles. The second kappa shape index (κ2) is 6.70. The first-order valence-corrected chi connectivity index (χ1v) is 7.30. The molecule has 0 bridgehead atoms. The van der Waals surface area contributed by atoms with Gasteiger partial charge in [-0.3, -0.25) is 19.4 Å². The van der Waals surface area contributed by atoms with Crippen LogP contribution in [0.25, 0.3) is 0 Å². The Bertz CT molecular complexity index is 571. The summed E-state index contributed by atoms with van der Waals surface area (Å²) in [5, 5.41) is 0. The summed E-state index contributed by atoms with van der Waals surface area (Å²) in [4.78, 5) is 40.0. The molecule has 0 atom stereocenters. The summed E-state index contributed by atoms with van der Waals surface area (Å²) in [5.74, 6) is -1.35. The number of rotatable bonds is 6. The van der Waals surface area contributed by atoms with E-state index in [-0.39, 0.29) is 19.1 Å². The maximum Gasteiger partial charge on any atom is 0.335 e. The molecule has 0 N–H and O–H groups in total. The van der Waals surface area contributed by atoms with Gasteiger partial charge in [-0.25, -0.2) is 9.69 Å². The average molecular weight is 303 g/mol. The molecule has 1 fully saturated rings. The van der Waals surface area contributed by atoms with Crippen LogP contribution in [-0.2, 0) is 16.1 Å². The van der Waals surface area contributed by atoms with Crippen LogP contribution in [0.3, 0.4) is 0 Å². The summed E-state index contributed by atoms with van der Waals surface area (Å²) in [6.07, 6.45) is 0. The number of carbonyl (C=O) groups excluding carboxylic acids is 3. The van der Waals surface area contributed by atoms with E-state index in [0.717, 1.165) is 15.4 Å². The van der Waals surface area contributed by atoms with E-state index in [2.05, 4.69) is 0 Å². The number of hydrogen-bond donors (Lipinski definition) is 0. The molecule has 0 radical (unpaired) electrons. The Hall–Kier alpha value is -2.21. The average Bonchev–Trinajstić information content (AvgIpc) is 2.66. The maximum atomic E-state index is 12.2. The van der Waals surface area contributed by atoms with Crippen LogP contribution >= 0.6 is 0 Å². The Morgan fingerprint density at radius 1 is 1.00 bits per heavy atom. The van der Waals surface area contributed by atoms with E-state index in [0.29, 0.717) is 6.54 Å². The van der Waals surface area contributed by atoms with Crippen molar-refractivity contribution in [1.82, 2.24) is 14.7 Å². The minimum atomic E-state index is -0.745. The van der Waals surface area contributed by atoms with E-state index in [4.69, 9.17) is 0 Å². The fourth-order valence-electron chi connectivity index (χ4n) is 2.39. The number of urea groups is 1. The Morgan fingerprint density at radius 3 is 2.18 bits per heavy atom. The van der Waals surface area contributed by atoms with Crippen LogP contribution in [0.2, 0.25) is 0 Å². The quantitative estimate of drug-likeness (QED) is 0.590. The molecule has 6 nitrogen and oxygen atoms in total. The second-order valence-electron chi connectivity index (χ2n) is 5.97. The summed E-state index contributed by atoms with van der Waals surface area (Å²) < 4.78 is 0. The van der Waals surface area contributed by atoms with Crippen molar-refractivity contribution in [3.05, 3.63) is 35.9 Å². The van der Waals surface area contributed by atoms with Crippen LogP contribution in [0.5, 0.6) is 0 Å². The van der Waals surface area contributed by atoms with E-state index in [9.17, 15) is 14.4 Å². The van der Waals surface area contributed by atoms with Crippen LogP contribution in [0.4, 0.5) is 4.79 Å². The molecule has 0 saturated carbocycles. The lowest BCUT2D eigenvalue weighted by Gasteiger charge is -2.22. The van der Waals surface area contributed by atoms with Gasteiger partial charge in [0.25, 0.3) is 0 Å². The van der Waals surface area contributed by atoms with Crippen molar-refractivity contribution >= 4 is 17.8 Å². The van der Waals surface area contributed by atoms with Crippen molar-refractivity contribution in [2.45, 2.75) is 20.4 Å². The predicted molar refractivity (Wildman–Crippen MR) is 81.6 cm³/mol. The predicted octanol–water partition coefficient (Wildman–Crippen LogP) is 1.52. The Morgan fingerprint density at radius 2 is 1.59 bits per heavy atom. The van der Waals surface area contributed by atoms with Crippen LogP contribution < -0.4 is 0 Å². The number of imide groups is 2. The fraction of sp³-hybridized carbons (Fsp3) is 0.438. The second-order valence-corrected chi connectivity index (χ2v) is 5.97. The highest BCUT2D eigenvalue weighted by molar-refractivity contribution is 6.44. The molecule has 0 aliphatic carbocycles. The first kappa shape index (κ1) is 16.2. The fourth-order valence-corrected chi connectivity index (χ4v) is 2.39. The van der Waals surface area contributed by atoms with Crippen molar-refractivity contribution in [2.75, 3.05) is 20.3 Å². The van der Waals surface area contributed by atoms with Gasteiger partial charge in [0.05, 0.1) is 6.67 Å². The normalized spacial score (nSPS) is 15.6. The van der Waals surface area contributed by atoms with Crippen LogP contribution in [0, 0.1) is 5.92 Å². The molecule has 0 aromatic heterocycles. The topological polar surface area (TPSA) is 60.9 Å². The van der Waals surface area contributed by atoms with Crippen LogP contribution in [-0.4, -0.2) is 52.8 Å². The van der Waals surface area contributed by atoms with Gasteiger partial charge in [-0.05, 0) is 18.5 Å². The molecular formula is C16H21N3O3. The molecule has 6 heteroatoms. The number of nitrogens with zero attached hydrogens (tertiary/aromatic N) is 3. The number of benzene rings is 1. The van der Waals surface area contributed by atoms with Gasteiger partial charge in [0.2, 0.25) is 0 Å². The highest BCUT2D eigenvalue weighted by atomic mass is 16.2. The van der Waals surface area contributed by atoms with E-state index in [1.54, 1.807) is 0 Å². The van der Waals surface area contributed by atoms with Gasteiger partial charge in [0, 0.05) is 13.1 Å². The maximum absolute atomic E-state index is 12.2. The molecule has 1 heterocycles. The third-order valence-electron chi connectivity index (χ3n) is 3.36. The van der Waals surface area contributed by atoms with Crippen molar-refractivity contribution in [2.24, 2.45) is 5.92 Å². The first-order valence-electron chi connectivity index (χ1n) is 7.30. The lowest BCUT2D eigenvalue weighted by Crippen LogP contribution is -2.41. The lowest BCUT2D eigenvalue weighted by molar-refractivity contribution is -0.144. The first-order chi connectivity index (χ1) is 10.4. The molecule has 1 saturated heterocycles. The van der Waals surface area contributed by atoms with Gasteiger partial charge < -0.3 is 0 Å². The summed E-state index contributed by atoms with van der Waals surface area (Å²) in [6.45, 7) is 4.76. The van der Waals surface area contributed by atoms with Gasteiger partial charge in [-0.2, -0.15) is 0 Å². The molecule has 1 aliphatic heterocycles. The molecule has 0 unspecified atom stereocenters. The summed E-state index contributed by atoms with van der Waals surface area (Å²) >= 11 is 0. The van der Waals surface area contributed by atoms with Gasteiger partial charge in [0.15, 0.2) is 0 Å². The van der Waals surface area contributed by atoms with E-state index < -0.39 is 17.8 Å². The van der Waals surface area contributed by atoms with E-state index in [1.165, 1.54) is 0 Å². The highest BCUT2D eigenvalue weighted by Crippen LogP contribution is 2.15. The van der Waals surface area contributed by atoms with Gasteiger partial charge in [-0.15, -0.1) is 0 Å². The molecule has 2 rings (SSSR count). The van der Waals surface area contributed by atoms with Gasteiger partial charge in [-0.1, -0.05) is 44.2 Å². The molecule has 0 spiro atoms. The minimum Gasteiger partial charge on any atom is -0.284 e. The van der Waals surface area contributed by atoms with Crippen molar-refractivity contribution in [3.63, 3.8) is 0 Å². The standard InChI is InChI=1S/C16H21N3O3/c1-12(2)9-18-14(20)15(21)19(16(18)22)11-17(3)10-13-7-5-4-6-8-13/h4-8,12H,9-11H2,1-3H3. The SMILES string of the molecule is CC(C)CN1C(=O)C(=O)N(CN(C)Cc2ccccc2)C1=O. The Labute approximate surface area is 130 Å². The smallest absolute Gasteiger partial charge is 0.284 e. The Kier molecular flexibility index (Phi) is 4.92. The lowest BCUT2D eigenvalue weighted by atomic mass is 10.2. The van der Waals surface area contributed by atoms with Gasteiger partial charge >= 0.3 is 17.8 Å². The third kappa shape index (κ3) is 3.51. The number of hydrogen-bond acceptors (Lipinski definition) is 4. The minimum absolute atomic E-state index is 0.104. The van der Waals surface area contributed by atoms with Crippen molar-refractivity contribution in [1.29, 1.82) is 0 Å². The molecular weight excluding hydrogens is 282 g/mol. The van der Waals surface area contributed by atoms with Crippen molar-refractivity contribution < 1.29 is 14.4 Å². The monoisotopic (exact) mass is 303 g/mol. The third-order valence-corrected chi connectivity index (χ3v) is 3.36. The Balaban J connectivity index is 2.01. The zero-order chi connectivity index (χ0) is 16.3.